The van der Waals surface area contributed by atoms with Crippen LogP contribution in [0.25, 0.3) is 0 Å². The molecule has 1 atom stereocenters. The van der Waals surface area contributed by atoms with E-state index in [1.165, 1.54) is 7.11 Å². The molecule has 0 radical (unpaired) electrons. The van der Waals surface area contributed by atoms with Gasteiger partial charge >= 0.3 is 0 Å². The fraction of sp³-hybridized carbons (Fsp3) is 0.643. The van der Waals surface area contributed by atoms with Crippen LogP contribution >= 0.6 is 0 Å². The Morgan fingerprint density at radius 1 is 1.43 bits per heavy atom. The molecule has 1 aliphatic rings. The number of piperidine rings is 1. The van der Waals surface area contributed by atoms with Crippen molar-refractivity contribution < 1.29 is 14.3 Å². The normalized spacial score (nSPS) is 18.4. The third kappa shape index (κ3) is 4.04. The van der Waals surface area contributed by atoms with Crippen LogP contribution in [-0.4, -0.2) is 67.8 Å². The first-order valence-corrected chi connectivity index (χ1v) is 7.03. The Labute approximate surface area is 124 Å². The van der Waals surface area contributed by atoms with Crippen LogP contribution in [0.2, 0.25) is 0 Å². The largest absolute Gasteiger partial charge is 0.470 e. The van der Waals surface area contributed by atoms with Crippen LogP contribution in [0.4, 0.5) is 5.82 Å². The van der Waals surface area contributed by atoms with E-state index in [4.69, 9.17) is 9.47 Å². The summed E-state index contributed by atoms with van der Waals surface area (Å²) in [5, 5.41) is 0. The van der Waals surface area contributed by atoms with E-state index in [1.54, 1.807) is 17.3 Å². The maximum Gasteiger partial charge on any atom is 0.257 e. The minimum atomic E-state index is -0.0602. The van der Waals surface area contributed by atoms with Crippen LogP contribution in [0.3, 0.4) is 0 Å². The fourth-order valence-electron chi connectivity index (χ4n) is 2.34. The highest BCUT2D eigenvalue weighted by Crippen LogP contribution is 2.24. The van der Waals surface area contributed by atoms with Crippen molar-refractivity contribution >= 4 is 11.7 Å². The Balaban J connectivity index is 2.01. The Morgan fingerprint density at radius 3 is 2.90 bits per heavy atom. The molecule has 7 nitrogen and oxygen atoms in total. The number of anilines is 1. The Morgan fingerprint density at radius 2 is 2.19 bits per heavy atom. The molecule has 0 aliphatic carbocycles. The zero-order valence-corrected chi connectivity index (χ0v) is 12.8. The molecule has 0 spiro atoms. The highest BCUT2D eigenvalue weighted by atomic mass is 16.5. The van der Waals surface area contributed by atoms with E-state index >= 15 is 0 Å². The first kappa shape index (κ1) is 15.5. The van der Waals surface area contributed by atoms with Gasteiger partial charge in [-0.3, -0.25) is 4.79 Å². The van der Waals surface area contributed by atoms with Gasteiger partial charge < -0.3 is 19.3 Å². The highest BCUT2D eigenvalue weighted by Gasteiger charge is 2.26. The molecular formula is C14H22N4O3. The van der Waals surface area contributed by atoms with Gasteiger partial charge in [0.25, 0.3) is 5.88 Å². The van der Waals surface area contributed by atoms with Gasteiger partial charge in [0.2, 0.25) is 5.91 Å². The number of hydrogen-bond acceptors (Lipinski definition) is 6. The molecule has 116 valence electrons. The van der Waals surface area contributed by atoms with Crippen LogP contribution < -0.4 is 9.64 Å². The first-order chi connectivity index (χ1) is 10.1. The lowest BCUT2D eigenvalue weighted by Crippen LogP contribution is -2.45. The molecular weight excluding hydrogens is 272 g/mol. The summed E-state index contributed by atoms with van der Waals surface area (Å²) in [6.45, 7) is 1.43. The first-order valence-electron chi connectivity index (χ1n) is 7.03. The number of ether oxygens (including phenoxy) is 2. The van der Waals surface area contributed by atoms with Crippen LogP contribution in [0.1, 0.15) is 12.8 Å². The number of carbonyl (C=O) groups excluding carboxylic acids is 1. The smallest absolute Gasteiger partial charge is 0.257 e. The number of hydrogen-bond donors (Lipinski definition) is 0. The maximum atomic E-state index is 11.9. The van der Waals surface area contributed by atoms with Crippen molar-refractivity contribution in [1.29, 1.82) is 0 Å². The summed E-state index contributed by atoms with van der Waals surface area (Å²) in [6, 6.07) is 0. The zero-order valence-electron chi connectivity index (χ0n) is 12.8. The number of methoxy groups -OCH3 is 1. The lowest BCUT2D eigenvalue weighted by molar-refractivity contribution is -0.137. The van der Waals surface area contributed by atoms with Crippen molar-refractivity contribution in [2.24, 2.45) is 0 Å². The second kappa shape index (κ2) is 7.21. The predicted molar refractivity (Wildman–Crippen MR) is 78.5 cm³/mol. The van der Waals surface area contributed by atoms with E-state index < -0.39 is 0 Å². The molecule has 7 heteroatoms. The maximum absolute atomic E-state index is 11.9. The highest BCUT2D eigenvalue weighted by molar-refractivity contribution is 5.77. The predicted octanol–water partition coefficient (Wildman–Crippen LogP) is 0.559. The molecule has 1 saturated heterocycles. The van der Waals surface area contributed by atoms with Gasteiger partial charge in [0, 0.05) is 40.1 Å². The summed E-state index contributed by atoms with van der Waals surface area (Å²) in [4.78, 5) is 24.0. The molecule has 0 saturated carbocycles. The number of aromatic nitrogens is 2. The number of nitrogens with zero attached hydrogens (tertiary/aromatic N) is 4. The molecule has 0 bridgehead atoms. The summed E-state index contributed by atoms with van der Waals surface area (Å²) < 4.78 is 10.9. The molecule has 1 amide bonds. The van der Waals surface area contributed by atoms with Crippen LogP contribution in [0.15, 0.2) is 12.4 Å². The SMILES string of the molecule is COCC(=O)N1CCC[C@@H](Oc2nccnc2N(C)C)C1. The summed E-state index contributed by atoms with van der Waals surface area (Å²) >= 11 is 0. The van der Waals surface area contributed by atoms with E-state index in [0.29, 0.717) is 18.2 Å². The Bertz CT molecular complexity index is 481. The second-order valence-electron chi connectivity index (χ2n) is 5.23. The topological polar surface area (TPSA) is 67.8 Å². The fourth-order valence-corrected chi connectivity index (χ4v) is 2.34. The lowest BCUT2D eigenvalue weighted by Gasteiger charge is -2.32. The molecule has 1 aromatic heterocycles. The van der Waals surface area contributed by atoms with Crippen molar-refractivity contribution in [2.75, 3.05) is 45.8 Å². The summed E-state index contributed by atoms with van der Waals surface area (Å²) in [5.74, 6) is 1.20. The van der Waals surface area contributed by atoms with E-state index in [-0.39, 0.29) is 18.6 Å². The average molecular weight is 294 g/mol. The molecule has 0 unspecified atom stereocenters. The Kier molecular flexibility index (Phi) is 5.32. The van der Waals surface area contributed by atoms with Crippen molar-refractivity contribution in [3.63, 3.8) is 0 Å². The van der Waals surface area contributed by atoms with Crippen molar-refractivity contribution in [2.45, 2.75) is 18.9 Å². The standard InChI is InChI=1S/C14H22N4O3/c1-17(2)13-14(16-7-6-15-13)21-11-5-4-8-18(9-11)12(19)10-20-3/h6-7,11H,4-5,8-10H2,1-3H3/t11-/m1/s1. The van der Waals surface area contributed by atoms with E-state index in [0.717, 1.165) is 19.4 Å². The van der Waals surface area contributed by atoms with Gasteiger partial charge in [-0.05, 0) is 12.8 Å². The molecule has 2 rings (SSSR count). The quantitative estimate of drug-likeness (QED) is 0.790. The molecule has 21 heavy (non-hydrogen) atoms. The third-order valence-electron chi connectivity index (χ3n) is 3.35. The third-order valence-corrected chi connectivity index (χ3v) is 3.35. The molecule has 1 aromatic rings. The number of likely N-dealkylation sites (tertiary alicyclic amines) is 1. The number of rotatable bonds is 5. The van der Waals surface area contributed by atoms with Crippen molar-refractivity contribution in [3.8, 4) is 5.88 Å². The number of carbonyl (C=O) groups is 1. The Hall–Kier alpha value is -1.89. The van der Waals surface area contributed by atoms with Crippen molar-refractivity contribution in [1.82, 2.24) is 14.9 Å². The minimum Gasteiger partial charge on any atom is -0.470 e. The van der Waals surface area contributed by atoms with Crippen molar-refractivity contribution in [3.05, 3.63) is 12.4 Å². The molecule has 1 fully saturated rings. The molecule has 1 aliphatic heterocycles. The summed E-state index contributed by atoms with van der Waals surface area (Å²) in [5.41, 5.74) is 0. The van der Waals surface area contributed by atoms with Crippen LogP contribution in [0.5, 0.6) is 5.88 Å². The van der Waals surface area contributed by atoms with Crippen LogP contribution in [-0.2, 0) is 9.53 Å². The van der Waals surface area contributed by atoms with E-state index in [1.807, 2.05) is 19.0 Å². The van der Waals surface area contributed by atoms with Gasteiger partial charge in [-0.2, -0.15) is 0 Å². The molecule has 0 N–H and O–H groups in total. The van der Waals surface area contributed by atoms with Crippen LogP contribution in [0, 0.1) is 0 Å². The van der Waals surface area contributed by atoms with Gasteiger partial charge in [-0.25, -0.2) is 9.97 Å². The van der Waals surface area contributed by atoms with Gasteiger partial charge in [0.05, 0.1) is 6.54 Å². The van der Waals surface area contributed by atoms with E-state index in [9.17, 15) is 4.79 Å². The number of amides is 1. The average Bonchev–Trinajstić information content (AvgIpc) is 2.48. The molecule has 0 aromatic carbocycles. The molecule has 2 heterocycles. The monoisotopic (exact) mass is 294 g/mol. The summed E-state index contributed by atoms with van der Waals surface area (Å²) in [6.07, 6.45) is 5.00. The van der Waals surface area contributed by atoms with Gasteiger partial charge in [0.15, 0.2) is 5.82 Å². The minimum absolute atomic E-state index is 0.00206. The second-order valence-corrected chi connectivity index (χ2v) is 5.23. The summed E-state index contributed by atoms with van der Waals surface area (Å²) in [7, 11) is 5.32. The van der Waals surface area contributed by atoms with Gasteiger partial charge in [-0.1, -0.05) is 0 Å². The van der Waals surface area contributed by atoms with E-state index in [2.05, 4.69) is 9.97 Å². The zero-order chi connectivity index (χ0) is 15.2. The van der Waals surface area contributed by atoms with Gasteiger partial charge in [0.1, 0.15) is 12.7 Å². The van der Waals surface area contributed by atoms with Gasteiger partial charge in [-0.15, -0.1) is 0 Å². The lowest BCUT2D eigenvalue weighted by atomic mass is 10.1.